The number of para-hydroxylation sites is 1. The van der Waals surface area contributed by atoms with Crippen molar-refractivity contribution >= 4 is 49.5 Å². The molecule has 0 radical (unpaired) electrons. The van der Waals surface area contributed by atoms with Gasteiger partial charge >= 0.3 is 5.97 Å². The number of esters is 1. The zero-order chi connectivity index (χ0) is 18.2. The van der Waals surface area contributed by atoms with E-state index in [1.54, 1.807) is 29.6 Å². The van der Waals surface area contributed by atoms with Crippen LogP contribution in [0.2, 0.25) is 0 Å². The average Bonchev–Trinajstić information content (AvgIpc) is 3.07. The van der Waals surface area contributed by atoms with E-state index in [2.05, 4.69) is 15.3 Å². The largest absolute Gasteiger partial charge is 0.465 e. The number of carbonyl (C=O) groups is 2. The number of anilines is 2. The quantitative estimate of drug-likeness (QED) is 0.645. The van der Waals surface area contributed by atoms with Gasteiger partial charge < -0.3 is 4.74 Å². The minimum Gasteiger partial charge on any atom is -0.465 e. The molecule has 1 aromatic carbocycles. The SMILES string of the molecule is COC(=O)c1sccc1NN=C1C(=O)c2ccccc2N(C)S1(=O)=O. The molecule has 25 heavy (non-hydrogen) atoms. The number of hydrogen-bond acceptors (Lipinski definition) is 8. The van der Waals surface area contributed by atoms with Crippen LogP contribution in [0.5, 0.6) is 0 Å². The van der Waals surface area contributed by atoms with Crippen molar-refractivity contribution in [3.63, 3.8) is 0 Å². The van der Waals surface area contributed by atoms with Crippen molar-refractivity contribution < 1.29 is 22.7 Å². The van der Waals surface area contributed by atoms with Crippen LogP contribution in [0.4, 0.5) is 11.4 Å². The Labute approximate surface area is 147 Å². The van der Waals surface area contributed by atoms with Gasteiger partial charge in [0.25, 0.3) is 10.0 Å². The molecular formula is C15H13N3O5S2. The second-order valence-corrected chi connectivity index (χ2v) is 7.80. The average molecular weight is 379 g/mol. The molecule has 2 heterocycles. The Kier molecular flexibility index (Phi) is 4.31. The lowest BCUT2D eigenvalue weighted by Gasteiger charge is -2.26. The molecule has 0 saturated heterocycles. The molecule has 10 heteroatoms. The highest BCUT2D eigenvalue weighted by Crippen LogP contribution is 2.30. The van der Waals surface area contributed by atoms with Crippen LogP contribution in [-0.2, 0) is 14.8 Å². The van der Waals surface area contributed by atoms with Crippen molar-refractivity contribution in [1.29, 1.82) is 0 Å². The number of sulfonamides is 1. The molecule has 0 amide bonds. The first-order valence-corrected chi connectivity index (χ1v) is 9.32. The molecule has 0 spiro atoms. The first-order chi connectivity index (χ1) is 11.9. The molecule has 1 N–H and O–H groups in total. The molecule has 1 aliphatic rings. The molecule has 0 unspecified atom stereocenters. The number of ketones is 1. The Morgan fingerprint density at radius 3 is 2.72 bits per heavy atom. The van der Waals surface area contributed by atoms with E-state index in [4.69, 9.17) is 0 Å². The highest BCUT2D eigenvalue weighted by Gasteiger charge is 2.39. The molecule has 0 atom stereocenters. The third-order valence-electron chi connectivity index (χ3n) is 3.60. The van der Waals surface area contributed by atoms with Crippen molar-refractivity contribution in [2.75, 3.05) is 23.9 Å². The number of hydrogen-bond donors (Lipinski definition) is 1. The number of nitrogens with zero attached hydrogens (tertiary/aromatic N) is 2. The van der Waals surface area contributed by atoms with Gasteiger partial charge in [0.05, 0.1) is 18.5 Å². The van der Waals surface area contributed by atoms with Gasteiger partial charge in [0, 0.05) is 12.6 Å². The van der Waals surface area contributed by atoms with Gasteiger partial charge in [-0.2, -0.15) is 13.5 Å². The molecule has 1 aliphatic heterocycles. The van der Waals surface area contributed by atoms with Gasteiger partial charge in [-0.3, -0.25) is 14.5 Å². The van der Waals surface area contributed by atoms with E-state index in [1.165, 1.54) is 20.2 Å². The molecule has 8 nitrogen and oxygen atoms in total. The fraction of sp³-hybridized carbons (Fsp3) is 0.133. The summed E-state index contributed by atoms with van der Waals surface area (Å²) in [5.41, 5.74) is 3.27. The summed E-state index contributed by atoms with van der Waals surface area (Å²) in [6.07, 6.45) is 0. The molecular weight excluding hydrogens is 366 g/mol. The summed E-state index contributed by atoms with van der Waals surface area (Å²) in [4.78, 5) is 24.4. The molecule has 0 fully saturated rings. The maximum absolute atomic E-state index is 12.6. The van der Waals surface area contributed by atoms with Gasteiger partial charge in [0.15, 0.2) is 0 Å². The number of ether oxygens (including phenoxy) is 1. The van der Waals surface area contributed by atoms with Gasteiger partial charge in [0.1, 0.15) is 4.88 Å². The molecule has 2 aromatic rings. The summed E-state index contributed by atoms with van der Waals surface area (Å²) in [6, 6.07) is 7.90. The van der Waals surface area contributed by atoms with Gasteiger partial charge in [-0.05, 0) is 23.6 Å². The zero-order valence-corrected chi connectivity index (χ0v) is 14.8. The van der Waals surface area contributed by atoms with Crippen molar-refractivity contribution in [1.82, 2.24) is 0 Å². The van der Waals surface area contributed by atoms with Crippen LogP contribution in [0.25, 0.3) is 0 Å². The lowest BCUT2D eigenvalue weighted by atomic mass is 10.1. The van der Waals surface area contributed by atoms with Crippen LogP contribution >= 0.6 is 11.3 Å². The Bertz CT molecular complexity index is 994. The Balaban J connectivity index is 2.03. The number of carbonyl (C=O) groups excluding carboxylic acids is 2. The normalized spacial score (nSPS) is 17.3. The van der Waals surface area contributed by atoms with Crippen LogP contribution in [0.15, 0.2) is 40.8 Å². The van der Waals surface area contributed by atoms with Gasteiger partial charge in [0.2, 0.25) is 10.8 Å². The summed E-state index contributed by atoms with van der Waals surface area (Å²) < 4.78 is 30.8. The maximum atomic E-state index is 12.6. The first kappa shape index (κ1) is 17.1. The number of Topliss-reactive ketones (excluding diaryl/α,β-unsaturated/α-hetero) is 1. The molecule has 1 aromatic heterocycles. The highest BCUT2D eigenvalue weighted by atomic mass is 32.2. The summed E-state index contributed by atoms with van der Waals surface area (Å²) in [5.74, 6) is -1.30. The first-order valence-electron chi connectivity index (χ1n) is 7.00. The number of rotatable bonds is 3. The van der Waals surface area contributed by atoms with Crippen LogP contribution in [0, 0.1) is 0 Å². The summed E-state index contributed by atoms with van der Waals surface area (Å²) in [6.45, 7) is 0. The molecule has 3 rings (SSSR count). The van der Waals surface area contributed by atoms with Crippen molar-refractivity contribution in [3.05, 3.63) is 46.2 Å². The molecule has 0 aliphatic carbocycles. The fourth-order valence-corrected chi connectivity index (χ4v) is 4.24. The summed E-state index contributed by atoms with van der Waals surface area (Å²) in [5, 5.41) is 4.75. The van der Waals surface area contributed by atoms with Gasteiger partial charge in [-0.1, -0.05) is 12.1 Å². The molecule has 130 valence electrons. The third kappa shape index (κ3) is 2.79. The Morgan fingerprint density at radius 2 is 2.00 bits per heavy atom. The van der Waals surface area contributed by atoms with Gasteiger partial charge in [-0.25, -0.2) is 4.79 Å². The molecule has 0 saturated carbocycles. The number of methoxy groups -OCH3 is 1. The number of hydrazone groups is 1. The summed E-state index contributed by atoms with van der Waals surface area (Å²) >= 11 is 1.11. The van der Waals surface area contributed by atoms with E-state index in [1.807, 2.05) is 0 Å². The van der Waals surface area contributed by atoms with E-state index in [-0.39, 0.29) is 21.8 Å². The van der Waals surface area contributed by atoms with Crippen LogP contribution in [0.1, 0.15) is 20.0 Å². The van der Waals surface area contributed by atoms with Crippen LogP contribution in [0.3, 0.4) is 0 Å². The Morgan fingerprint density at radius 1 is 1.28 bits per heavy atom. The predicted octanol–water partition coefficient (Wildman–Crippen LogP) is 1.92. The van der Waals surface area contributed by atoms with E-state index in [9.17, 15) is 18.0 Å². The standard InChI is InChI=1S/C15H13N3O5S2/c1-18-11-6-4-3-5-9(11)12(19)14(25(18,21)22)17-16-10-7-8-24-13(10)15(20)23-2/h3-8,16H,1-2H3. The second kappa shape index (κ2) is 6.30. The monoisotopic (exact) mass is 379 g/mol. The zero-order valence-electron chi connectivity index (χ0n) is 13.2. The third-order valence-corrected chi connectivity index (χ3v) is 6.18. The fourth-order valence-electron chi connectivity index (χ4n) is 2.30. The second-order valence-electron chi connectivity index (χ2n) is 5.00. The van der Waals surface area contributed by atoms with Gasteiger partial charge in [-0.15, -0.1) is 11.3 Å². The van der Waals surface area contributed by atoms with E-state index in [0.29, 0.717) is 0 Å². The topological polar surface area (TPSA) is 105 Å². The summed E-state index contributed by atoms with van der Waals surface area (Å²) in [7, 11) is -1.52. The van der Waals surface area contributed by atoms with Crippen molar-refractivity contribution in [3.8, 4) is 0 Å². The smallest absolute Gasteiger partial charge is 0.350 e. The van der Waals surface area contributed by atoms with E-state index >= 15 is 0 Å². The predicted molar refractivity (Wildman–Crippen MR) is 94.8 cm³/mol. The minimum atomic E-state index is -4.10. The maximum Gasteiger partial charge on any atom is 0.350 e. The minimum absolute atomic E-state index is 0.223. The van der Waals surface area contributed by atoms with Crippen molar-refractivity contribution in [2.45, 2.75) is 0 Å². The number of benzene rings is 1. The number of fused-ring (bicyclic) bond motifs is 1. The lowest BCUT2D eigenvalue weighted by molar-refractivity contribution is 0.0607. The Hall–Kier alpha value is -2.72. The number of nitrogens with one attached hydrogen (secondary N) is 1. The van der Waals surface area contributed by atoms with Crippen molar-refractivity contribution in [2.24, 2.45) is 5.10 Å². The van der Waals surface area contributed by atoms with Crippen LogP contribution in [-0.4, -0.2) is 39.4 Å². The van der Waals surface area contributed by atoms with E-state index < -0.39 is 26.8 Å². The van der Waals surface area contributed by atoms with Crippen LogP contribution < -0.4 is 9.73 Å². The van der Waals surface area contributed by atoms with E-state index in [0.717, 1.165) is 15.6 Å². The number of thiophene rings is 1. The molecule has 0 bridgehead atoms. The lowest BCUT2D eigenvalue weighted by Crippen LogP contribution is -2.43. The highest BCUT2D eigenvalue weighted by molar-refractivity contribution is 8.09.